The molecule has 2 bridgehead atoms. The lowest BCUT2D eigenvalue weighted by atomic mass is 9.73. The normalized spacial score (nSPS) is 36.1. The van der Waals surface area contributed by atoms with Crippen molar-refractivity contribution in [3.05, 3.63) is 0 Å². The molecule has 74 valence electrons. The Morgan fingerprint density at radius 1 is 1.62 bits per heavy atom. The van der Waals surface area contributed by atoms with Crippen molar-refractivity contribution in [1.29, 1.82) is 0 Å². The van der Waals surface area contributed by atoms with E-state index in [4.69, 9.17) is 0 Å². The van der Waals surface area contributed by atoms with E-state index < -0.39 is 0 Å². The smallest absolute Gasteiger partial charge is 0.240 e. The fourth-order valence-electron chi connectivity index (χ4n) is 2.29. The average Bonchev–Trinajstić information content (AvgIpc) is 2.56. The van der Waals surface area contributed by atoms with E-state index in [1.54, 1.807) is 0 Å². The van der Waals surface area contributed by atoms with Gasteiger partial charge in [-0.2, -0.15) is 0 Å². The Balaban J connectivity index is 1.84. The first kappa shape index (κ1) is 9.00. The van der Waals surface area contributed by atoms with Gasteiger partial charge in [0.05, 0.1) is 5.54 Å². The maximum absolute atomic E-state index is 11.7. The summed E-state index contributed by atoms with van der Waals surface area (Å²) in [5.74, 6) is 1.53. The van der Waals surface area contributed by atoms with E-state index >= 15 is 0 Å². The van der Waals surface area contributed by atoms with Gasteiger partial charge in [-0.1, -0.05) is 13.8 Å². The van der Waals surface area contributed by atoms with Crippen molar-refractivity contribution in [3.63, 3.8) is 0 Å². The molecule has 1 aliphatic carbocycles. The van der Waals surface area contributed by atoms with E-state index in [2.05, 4.69) is 24.5 Å². The van der Waals surface area contributed by atoms with Crippen LogP contribution in [0.5, 0.6) is 0 Å². The number of nitrogens with one attached hydrogen (secondary N) is 2. The Bertz CT molecular complexity index is 213. The van der Waals surface area contributed by atoms with Gasteiger partial charge in [0.15, 0.2) is 0 Å². The topological polar surface area (TPSA) is 41.1 Å². The van der Waals surface area contributed by atoms with Crippen LogP contribution >= 0.6 is 0 Å². The lowest BCUT2D eigenvalue weighted by Gasteiger charge is -2.36. The summed E-state index contributed by atoms with van der Waals surface area (Å²) in [5, 5.41) is 6.32. The number of hydrogen-bond acceptors (Lipinski definition) is 2. The number of hydrogen-bond donors (Lipinski definition) is 2. The predicted octanol–water partition coefficient (Wildman–Crippen LogP) is 0.511. The highest BCUT2D eigenvalue weighted by molar-refractivity contribution is 5.88. The number of carbonyl (C=O) groups excluding carboxylic acids is 1. The van der Waals surface area contributed by atoms with Crippen molar-refractivity contribution in [3.8, 4) is 0 Å². The van der Waals surface area contributed by atoms with E-state index in [-0.39, 0.29) is 11.4 Å². The van der Waals surface area contributed by atoms with Crippen LogP contribution in [0.4, 0.5) is 0 Å². The molecule has 2 heterocycles. The van der Waals surface area contributed by atoms with E-state index in [0.29, 0.717) is 5.92 Å². The van der Waals surface area contributed by atoms with Gasteiger partial charge in [0.1, 0.15) is 0 Å². The Labute approximate surface area is 79.3 Å². The minimum absolute atomic E-state index is 0.167. The highest BCUT2D eigenvalue weighted by atomic mass is 16.2. The van der Waals surface area contributed by atoms with Crippen LogP contribution in [-0.2, 0) is 4.79 Å². The van der Waals surface area contributed by atoms with E-state index in [9.17, 15) is 4.79 Å². The molecule has 1 amide bonds. The molecule has 0 unspecified atom stereocenters. The molecule has 13 heavy (non-hydrogen) atoms. The third kappa shape index (κ3) is 1.46. The molecule has 0 spiro atoms. The van der Waals surface area contributed by atoms with Crippen LogP contribution in [0.3, 0.4) is 0 Å². The molecule has 3 rings (SSSR count). The zero-order valence-electron chi connectivity index (χ0n) is 8.39. The fourth-order valence-corrected chi connectivity index (χ4v) is 2.29. The van der Waals surface area contributed by atoms with Crippen LogP contribution in [0.2, 0.25) is 0 Å². The molecule has 0 aromatic rings. The fraction of sp³-hybridized carbons (Fsp3) is 0.900. The molecule has 3 nitrogen and oxygen atoms in total. The van der Waals surface area contributed by atoms with E-state index in [1.807, 2.05) is 0 Å². The Morgan fingerprint density at radius 2 is 2.31 bits per heavy atom. The highest BCUT2D eigenvalue weighted by Gasteiger charge is 2.55. The zero-order valence-corrected chi connectivity index (χ0v) is 8.39. The standard InChI is InChI=1S/C10H18N2O/c1-7(2)5-11-9(13)10-3-8(4-10)6-12-10/h7-8,12H,3-6H2,1-2H3,(H,11,13). The first-order valence-corrected chi connectivity index (χ1v) is 5.16. The van der Waals surface area contributed by atoms with Gasteiger partial charge in [-0.3, -0.25) is 4.79 Å². The minimum Gasteiger partial charge on any atom is -0.354 e. The SMILES string of the molecule is CC(C)CNC(=O)C12CC(CN1)C2. The van der Waals surface area contributed by atoms with Crippen molar-refractivity contribution >= 4 is 5.91 Å². The average molecular weight is 182 g/mol. The lowest BCUT2D eigenvalue weighted by molar-refractivity contribution is -0.129. The summed E-state index contributed by atoms with van der Waals surface area (Å²) in [6, 6.07) is 0. The first-order valence-electron chi connectivity index (χ1n) is 5.16. The molecule has 3 aliphatic rings. The van der Waals surface area contributed by atoms with Gasteiger partial charge in [-0.25, -0.2) is 0 Å². The monoisotopic (exact) mass is 182 g/mol. The van der Waals surface area contributed by atoms with Gasteiger partial charge in [-0.05, 0) is 31.2 Å². The second-order valence-electron chi connectivity index (χ2n) is 4.84. The van der Waals surface area contributed by atoms with Gasteiger partial charge in [0.25, 0.3) is 0 Å². The molecule has 0 radical (unpaired) electrons. The van der Waals surface area contributed by atoms with Crippen molar-refractivity contribution in [2.45, 2.75) is 32.2 Å². The van der Waals surface area contributed by atoms with Crippen molar-refractivity contribution in [1.82, 2.24) is 10.6 Å². The molecule has 3 heteroatoms. The second kappa shape index (κ2) is 2.98. The summed E-state index contributed by atoms with van der Waals surface area (Å²) in [6.07, 6.45) is 2.11. The predicted molar refractivity (Wildman–Crippen MR) is 51.3 cm³/mol. The zero-order chi connectivity index (χ0) is 9.47. The van der Waals surface area contributed by atoms with Crippen molar-refractivity contribution in [2.75, 3.05) is 13.1 Å². The summed E-state index contributed by atoms with van der Waals surface area (Å²) in [6.45, 7) is 6.06. The summed E-state index contributed by atoms with van der Waals surface area (Å²) in [5.41, 5.74) is -0.167. The second-order valence-corrected chi connectivity index (χ2v) is 4.84. The van der Waals surface area contributed by atoms with Gasteiger partial charge in [0.2, 0.25) is 5.91 Å². The van der Waals surface area contributed by atoms with Crippen LogP contribution in [0.15, 0.2) is 0 Å². The van der Waals surface area contributed by atoms with E-state index in [1.165, 1.54) is 0 Å². The summed E-state index contributed by atoms with van der Waals surface area (Å²) in [7, 11) is 0. The molecule has 2 saturated heterocycles. The van der Waals surface area contributed by atoms with Gasteiger partial charge in [0, 0.05) is 6.54 Å². The third-order valence-corrected chi connectivity index (χ3v) is 3.11. The molecule has 0 atom stereocenters. The molecule has 2 aliphatic heterocycles. The molecule has 0 aromatic heterocycles. The summed E-state index contributed by atoms with van der Waals surface area (Å²) >= 11 is 0. The molecule has 0 aromatic carbocycles. The lowest BCUT2D eigenvalue weighted by Crippen LogP contribution is -2.56. The number of amides is 1. The number of rotatable bonds is 3. The van der Waals surface area contributed by atoms with Crippen molar-refractivity contribution in [2.24, 2.45) is 11.8 Å². The van der Waals surface area contributed by atoms with Crippen LogP contribution in [-0.4, -0.2) is 24.5 Å². The number of fused-ring (bicyclic) bond motifs is 1. The third-order valence-electron chi connectivity index (χ3n) is 3.11. The summed E-state index contributed by atoms with van der Waals surface area (Å²) in [4.78, 5) is 11.7. The van der Waals surface area contributed by atoms with Gasteiger partial charge in [-0.15, -0.1) is 0 Å². The maximum Gasteiger partial charge on any atom is 0.240 e. The molecular weight excluding hydrogens is 164 g/mol. The van der Waals surface area contributed by atoms with Crippen LogP contribution in [0, 0.1) is 11.8 Å². The van der Waals surface area contributed by atoms with Crippen LogP contribution in [0.1, 0.15) is 26.7 Å². The maximum atomic E-state index is 11.7. The molecule has 3 fully saturated rings. The Morgan fingerprint density at radius 3 is 2.77 bits per heavy atom. The number of carbonyl (C=O) groups is 1. The molecular formula is C10H18N2O. The quantitative estimate of drug-likeness (QED) is 0.667. The van der Waals surface area contributed by atoms with E-state index in [0.717, 1.165) is 31.8 Å². The largest absolute Gasteiger partial charge is 0.354 e. The first-order chi connectivity index (χ1) is 6.12. The van der Waals surface area contributed by atoms with Gasteiger partial charge < -0.3 is 10.6 Å². The molecule has 1 saturated carbocycles. The van der Waals surface area contributed by atoms with Crippen molar-refractivity contribution < 1.29 is 4.79 Å². The Hall–Kier alpha value is -0.570. The summed E-state index contributed by atoms with van der Waals surface area (Å²) < 4.78 is 0. The van der Waals surface area contributed by atoms with Crippen LogP contribution in [0.25, 0.3) is 0 Å². The molecule has 2 N–H and O–H groups in total. The highest BCUT2D eigenvalue weighted by Crippen LogP contribution is 2.43. The van der Waals surface area contributed by atoms with Gasteiger partial charge >= 0.3 is 0 Å². The van der Waals surface area contributed by atoms with Crippen LogP contribution < -0.4 is 10.6 Å². The Kier molecular flexibility index (Phi) is 2.06. The minimum atomic E-state index is -0.167.